The number of unbranched alkanes of at least 4 members (excludes halogenated alkanes) is 1. The van der Waals surface area contributed by atoms with Crippen molar-refractivity contribution in [3.63, 3.8) is 0 Å². The number of nitrogens with one attached hydrogen (secondary N) is 1. The van der Waals surface area contributed by atoms with Crippen molar-refractivity contribution in [2.24, 2.45) is 11.7 Å². The van der Waals surface area contributed by atoms with E-state index in [-0.39, 0.29) is 30.2 Å². The molecule has 2 aliphatic heterocycles. The van der Waals surface area contributed by atoms with Crippen LogP contribution in [0.4, 0.5) is 0 Å². The molecule has 0 aliphatic carbocycles. The quantitative estimate of drug-likeness (QED) is 0.559. The van der Waals surface area contributed by atoms with E-state index in [1.165, 1.54) is 0 Å². The second-order valence-corrected chi connectivity index (χ2v) is 7.68. The van der Waals surface area contributed by atoms with Crippen LogP contribution in [-0.2, 0) is 14.4 Å². The number of hydrogen-bond acceptors (Lipinski definition) is 5. The largest absolute Gasteiger partial charge is 0.338 e. The summed E-state index contributed by atoms with van der Waals surface area (Å²) in [6.07, 6.45) is 2.91. The summed E-state index contributed by atoms with van der Waals surface area (Å²) in [6, 6.07) is -1.07. The number of nitrogens with two attached hydrogens (primary N) is 1. The average Bonchev–Trinajstić information content (AvgIpc) is 2.68. The van der Waals surface area contributed by atoms with Gasteiger partial charge in [0.2, 0.25) is 17.7 Å². The maximum Gasteiger partial charge on any atom is 0.246 e. The van der Waals surface area contributed by atoms with Crippen molar-refractivity contribution < 1.29 is 14.4 Å². The number of rotatable bonds is 8. The molecular weight excluding hydrogens is 346 g/mol. The Balaban J connectivity index is 2.24. The van der Waals surface area contributed by atoms with Crippen molar-refractivity contribution in [2.45, 2.75) is 51.6 Å². The monoisotopic (exact) mass is 381 g/mol. The second kappa shape index (κ2) is 10.0. The normalized spacial score (nSPS) is 23.6. The van der Waals surface area contributed by atoms with Gasteiger partial charge in [0.05, 0.1) is 0 Å². The van der Waals surface area contributed by atoms with Gasteiger partial charge < -0.3 is 25.8 Å². The summed E-state index contributed by atoms with van der Waals surface area (Å²) in [5.74, 6) is -0.195. The molecule has 0 radical (unpaired) electrons. The van der Waals surface area contributed by atoms with E-state index in [9.17, 15) is 14.4 Å². The molecule has 0 aromatic rings. The standard InChI is InChI=1S/C19H35N5O3/c1-4-14(2)17-19(27)24(13-16(25)22(17)3)15(7-5-6-8-20)18(26)23-11-9-21-10-12-23/h14-15,17,21H,4-13,20H2,1-3H3/t14-,15-,17-/m0/s1. The van der Waals surface area contributed by atoms with E-state index in [1.807, 2.05) is 18.7 Å². The van der Waals surface area contributed by atoms with Crippen molar-refractivity contribution in [1.82, 2.24) is 20.0 Å². The lowest BCUT2D eigenvalue weighted by molar-refractivity contribution is -0.163. The van der Waals surface area contributed by atoms with Gasteiger partial charge in [0, 0.05) is 33.2 Å². The van der Waals surface area contributed by atoms with Crippen LogP contribution in [-0.4, -0.2) is 90.8 Å². The fraction of sp³-hybridized carbons (Fsp3) is 0.842. The van der Waals surface area contributed by atoms with Crippen LogP contribution < -0.4 is 11.1 Å². The Morgan fingerprint density at radius 3 is 2.52 bits per heavy atom. The van der Waals surface area contributed by atoms with Crippen LogP contribution >= 0.6 is 0 Å². The fourth-order valence-corrected chi connectivity index (χ4v) is 3.93. The minimum absolute atomic E-state index is 0.0204. The summed E-state index contributed by atoms with van der Waals surface area (Å²) >= 11 is 0. The van der Waals surface area contributed by atoms with Gasteiger partial charge in [-0.2, -0.15) is 0 Å². The molecule has 0 bridgehead atoms. The molecule has 154 valence electrons. The Morgan fingerprint density at radius 1 is 1.26 bits per heavy atom. The Morgan fingerprint density at radius 2 is 1.93 bits per heavy atom. The zero-order valence-electron chi connectivity index (χ0n) is 16.9. The number of nitrogens with zero attached hydrogens (tertiary/aromatic N) is 3. The molecule has 8 nitrogen and oxygen atoms in total. The summed E-state index contributed by atoms with van der Waals surface area (Å²) < 4.78 is 0. The van der Waals surface area contributed by atoms with Crippen LogP contribution in [0.5, 0.6) is 0 Å². The number of piperazine rings is 2. The highest BCUT2D eigenvalue weighted by Crippen LogP contribution is 2.24. The van der Waals surface area contributed by atoms with Gasteiger partial charge in [-0.1, -0.05) is 20.3 Å². The predicted octanol–water partition coefficient (Wildman–Crippen LogP) is -0.369. The Hall–Kier alpha value is -1.67. The maximum atomic E-state index is 13.3. The fourth-order valence-electron chi connectivity index (χ4n) is 3.93. The molecule has 8 heteroatoms. The zero-order valence-corrected chi connectivity index (χ0v) is 16.9. The highest BCUT2D eigenvalue weighted by Gasteiger charge is 2.44. The lowest BCUT2D eigenvalue weighted by Crippen LogP contribution is -2.65. The van der Waals surface area contributed by atoms with Gasteiger partial charge in [-0.15, -0.1) is 0 Å². The summed E-state index contributed by atoms with van der Waals surface area (Å²) in [7, 11) is 1.69. The number of likely N-dealkylation sites (N-methyl/N-ethyl adjacent to an activating group) is 1. The minimum atomic E-state index is -0.577. The third kappa shape index (κ3) is 4.99. The topological polar surface area (TPSA) is 99.0 Å². The van der Waals surface area contributed by atoms with Gasteiger partial charge in [-0.3, -0.25) is 14.4 Å². The lowest BCUT2D eigenvalue weighted by Gasteiger charge is -2.44. The number of hydrogen-bond donors (Lipinski definition) is 2. The molecule has 2 heterocycles. The lowest BCUT2D eigenvalue weighted by atomic mass is 9.93. The predicted molar refractivity (Wildman–Crippen MR) is 104 cm³/mol. The Labute approximate surface area is 162 Å². The molecule has 0 aromatic heterocycles. The zero-order chi connectivity index (χ0) is 20.0. The molecule has 3 amide bonds. The second-order valence-electron chi connectivity index (χ2n) is 7.68. The molecule has 2 fully saturated rings. The van der Waals surface area contributed by atoms with Crippen LogP contribution in [0.25, 0.3) is 0 Å². The molecule has 0 saturated carbocycles. The highest BCUT2D eigenvalue weighted by atomic mass is 16.2. The van der Waals surface area contributed by atoms with Gasteiger partial charge in [0.25, 0.3) is 0 Å². The first kappa shape index (κ1) is 21.6. The Kier molecular flexibility index (Phi) is 8.04. The molecule has 3 atom stereocenters. The first-order valence-electron chi connectivity index (χ1n) is 10.2. The summed E-state index contributed by atoms with van der Waals surface area (Å²) in [4.78, 5) is 44.0. The van der Waals surface area contributed by atoms with Gasteiger partial charge in [-0.25, -0.2) is 0 Å². The summed E-state index contributed by atoms with van der Waals surface area (Å²) in [6.45, 7) is 7.32. The molecule has 2 aliphatic rings. The molecule has 27 heavy (non-hydrogen) atoms. The smallest absolute Gasteiger partial charge is 0.246 e. The molecule has 0 spiro atoms. The molecule has 0 unspecified atom stereocenters. The molecule has 2 saturated heterocycles. The van der Waals surface area contributed by atoms with Crippen LogP contribution in [0.15, 0.2) is 0 Å². The average molecular weight is 382 g/mol. The third-order valence-electron chi connectivity index (χ3n) is 5.86. The van der Waals surface area contributed by atoms with Crippen LogP contribution in [0.3, 0.4) is 0 Å². The number of carbonyl (C=O) groups excluding carboxylic acids is 3. The van der Waals surface area contributed by atoms with Gasteiger partial charge >= 0.3 is 0 Å². The van der Waals surface area contributed by atoms with Crippen LogP contribution in [0, 0.1) is 5.92 Å². The van der Waals surface area contributed by atoms with Crippen LogP contribution in [0.2, 0.25) is 0 Å². The summed E-state index contributed by atoms with van der Waals surface area (Å²) in [5.41, 5.74) is 5.61. The first-order chi connectivity index (χ1) is 12.9. The van der Waals surface area contributed by atoms with E-state index in [1.54, 1.807) is 16.8 Å². The van der Waals surface area contributed by atoms with E-state index in [0.717, 1.165) is 32.4 Å². The number of carbonyl (C=O) groups is 3. The number of amides is 3. The van der Waals surface area contributed by atoms with Gasteiger partial charge in [0.1, 0.15) is 18.6 Å². The Bertz CT molecular complexity index is 535. The van der Waals surface area contributed by atoms with Gasteiger partial charge in [0.15, 0.2) is 0 Å². The third-order valence-corrected chi connectivity index (χ3v) is 5.86. The van der Waals surface area contributed by atoms with E-state index in [0.29, 0.717) is 26.1 Å². The SMILES string of the molecule is CC[C@H](C)[C@H]1C(=O)N([C@@H](CCCCN)C(=O)N2CCNCC2)CC(=O)N1C. The highest BCUT2D eigenvalue weighted by molar-refractivity contribution is 5.98. The van der Waals surface area contributed by atoms with Crippen molar-refractivity contribution in [2.75, 3.05) is 46.3 Å². The van der Waals surface area contributed by atoms with Crippen molar-refractivity contribution in [3.05, 3.63) is 0 Å². The van der Waals surface area contributed by atoms with E-state index in [2.05, 4.69) is 5.32 Å². The molecule has 2 rings (SSSR count). The van der Waals surface area contributed by atoms with E-state index >= 15 is 0 Å². The summed E-state index contributed by atoms with van der Waals surface area (Å²) in [5, 5.41) is 3.24. The molecule has 3 N–H and O–H groups in total. The molecule has 0 aromatic carbocycles. The first-order valence-corrected chi connectivity index (χ1v) is 10.2. The van der Waals surface area contributed by atoms with Gasteiger partial charge in [-0.05, 0) is 31.7 Å². The van der Waals surface area contributed by atoms with Crippen molar-refractivity contribution in [1.29, 1.82) is 0 Å². The minimum Gasteiger partial charge on any atom is -0.338 e. The van der Waals surface area contributed by atoms with Crippen LogP contribution in [0.1, 0.15) is 39.5 Å². The van der Waals surface area contributed by atoms with E-state index in [4.69, 9.17) is 5.73 Å². The van der Waals surface area contributed by atoms with E-state index < -0.39 is 12.1 Å². The molecular formula is C19H35N5O3. The maximum absolute atomic E-state index is 13.3. The van der Waals surface area contributed by atoms with Crippen molar-refractivity contribution in [3.8, 4) is 0 Å². The van der Waals surface area contributed by atoms with Crippen molar-refractivity contribution >= 4 is 17.7 Å².